The highest BCUT2D eigenvalue weighted by atomic mass is 32.1. The zero-order valence-corrected chi connectivity index (χ0v) is 11.3. The van der Waals surface area contributed by atoms with Crippen LogP contribution in [0.15, 0.2) is 12.1 Å². The quantitative estimate of drug-likeness (QED) is 0.715. The van der Waals surface area contributed by atoms with Gasteiger partial charge in [-0.3, -0.25) is 0 Å². The number of carbonyl (C=O) groups excluding carboxylic acids is 1. The first-order valence-corrected chi connectivity index (χ1v) is 6.16. The molecule has 18 heavy (non-hydrogen) atoms. The largest absolute Gasteiger partial charge is 0.708 e. The number of hydrogen-bond donors (Lipinski definition) is 3. The van der Waals surface area contributed by atoms with E-state index in [1.807, 2.05) is 0 Å². The van der Waals surface area contributed by atoms with Gasteiger partial charge in [-0.15, -0.1) is 11.3 Å². The molecule has 0 unspecified atom stereocenters. The average molecular weight is 273 g/mol. The Hall–Kier alpha value is -1.25. The van der Waals surface area contributed by atoms with E-state index in [9.17, 15) is 4.79 Å². The van der Waals surface area contributed by atoms with Gasteiger partial charge in [-0.25, -0.2) is 4.79 Å². The van der Waals surface area contributed by atoms with Gasteiger partial charge in [0.1, 0.15) is 5.60 Å². The normalized spacial score (nSPS) is 10.9. The molecule has 0 radical (unpaired) electrons. The summed E-state index contributed by atoms with van der Waals surface area (Å²) in [6.45, 7) is 5.65. The average Bonchev–Trinajstić information content (AvgIpc) is 2.59. The minimum absolute atomic E-state index is 0.296. The second kappa shape index (κ2) is 6.08. The lowest BCUT2D eigenvalue weighted by Crippen LogP contribution is -2.31. The van der Waals surface area contributed by atoms with Gasteiger partial charge >= 0.3 is 13.4 Å². The summed E-state index contributed by atoms with van der Waals surface area (Å²) in [7, 11) is -1.84. The molecule has 0 aliphatic heterocycles. The lowest BCUT2D eigenvalue weighted by atomic mass is 10.2. The third-order valence-electron chi connectivity index (χ3n) is 1.66. The second-order valence-corrected chi connectivity index (χ2v) is 5.65. The molecule has 3 N–H and O–H groups in total. The van der Waals surface area contributed by atoms with Crippen molar-refractivity contribution in [2.75, 3.05) is 0 Å². The maximum Gasteiger partial charge on any atom is 0.708 e. The molecule has 1 rings (SSSR count). The van der Waals surface area contributed by atoms with Crippen LogP contribution in [-0.2, 0) is 11.3 Å². The zero-order valence-electron chi connectivity index (χ0n) is 10.5. The monoisotopic (exact) mass is 273 g/mol. The first kappa shape index (κ1) is 14.8. The summed E-state index contributed by atoms with van der Waals surface area (Å²) in [5, 5.41) is 20.2. The van der Waals surface area contributed by atoms with Gasteiger partial charge in [0.05, 0.1) is 6.54 Å². The second-order valence-electron chi connectivity index (χ2n) is 4.52. The van der Waals surface area contributed by atoms with Gasteiger partial charge in [-0.2, -0.15) is 0 Å². The molecule has 0 aliphatic carbocycles. The van der Waals surface area contributed by atoms with E-state index in [0.717, 1.165) is 4.88 Å². The SMILES string of the molecule is CC(C)(C)OC(=O)NCc1ccc(OB(O)O)s1. The van der Waals surface area contributed by atoms with Gasteiger partial charge in [0, 0.05) is 4.88 Å². The molecule has 6 nitrogen and oxygen atoms in total. The van der Waals surface area contributed by atoms with E-state index in [2.05, 4.69) is 9.97 Å². The summed E-state index contributed by atoms with van der Waals surface area (Å²) in [5.74, 6) is 0. The highest BCUT2D eigenvalue weighted by Crippen LogP contribution is 2.24. The van der Waals surface area contributed by atoms with Gasteiger partial charge in [0.2, 0.25) is 0 Å². The van der Waals surface area contributed by atoms with E-state index < -0.39 is 19.0 Å². The molecule has 1 amide bonds. The summed E-state index contributed by atoms with van der Waals surface area (Å²) >= 11 is 1.21. The molecule has 0 saturated carbocycles. The minimum atomic E-state index is -1.84. The molecular formula is C10H16BNO5S. The lowest BCUT2D eigenvalue weighted by molar-refractivity contribution is 0.0524. The Bertz CT molecular complexity index is 401. The van der Waals surface area contributed by atoms with Crippen LogP contribution < -0.4 is 9.97 Å². The van der Waals surface area contributed by atoms with E-state index in [4.69, 9.17) is 14.8 Å². The predicted octanol–water partition coefficient (Wildman–Crippen LogP) is 1.12. The van der Waals surface area contributed by atoms with Crippen molar-refractivity contribution in [1.82, 2.24) is 5.32 Å². The van der Waals surface area contributed by atoms with Crippen LogP contribution in [0.1, 0.15) is 25.6 Å². The van der Waals surface area contributed by atoms with Crippen molar-refractivity contribution in [3.63, 3.8) is 0 Å². The van der Waals surface area contributed by atoms with Gasteiger partial charge in [-0.1, -0.05) is 0 Å². The van der Waals surface area contributed by atoms with Crippen LogP contribution in [0.4, 0.5) is 4.79 Å². The van der Waals surface area contributed by atoms with Crippen LogP contribution in [0.3, 0.4) is 0 Å². The zero-order chi connectivity index (χ0) is 13.8. The highest BCUT2D eigenvalue weighted by molar-refractivity contribution is 7.14. The van der Waals surface area contributed by atoms with Crippen molar-refractivity contribution < 1.29 is 24.2 Å². The maximum atomic E-state index is 11.4. The number of amides is 1. The first-order valence-electron chi connectivity index (χ1n) is 5.34. The van der Waals surface area contributed by atoms with Gasteiger partial charge in [0.15, 0.2) is 5.06 Å². The fraction of sp³-hybridized carbons (Fsp3) is 0.500. The molecule has 1 aromatic rings. The van der Waals surface area contributed by atoms with Crippen LogP contribution in [0.5, 0.6) is 5.06 Å². The molecule has 8 heteroatoms. The van der Waals surface area contributed by atoms with Crippen molar-refractivity contribution in [2.24, 2.45) is 0 Å². The van der Waals surface area contributed by atoms with E-state index in [-0.39, 0.29) is 0 Å². The van der Waals surface area contributed by atoms with Crippen molar-refractivity contribution in [3.8, 4) is 5.06 Å². The van der Waals surface area contributed by atoms with Crippen molar-refractivity contribution in [2.45, 2.75) is 32.9 Å². The topological polar surface area (TPSA) is 88.0 Å². The number of carbonyl (C=O) groups is 1. The highest BCUT2D eigenvalue weighted by Gasteiger charge is 2.16. The predicted molar refractivity (Wildman–Crippen MR) is 68.2 cm³/mol. The molecule has 0 fully saturated rings. The molecule has 0 atom stereocenters. The summed E-state index contributed by atoms with van der Waals surface area (Å²) in [6.07, 6.45) is -0.499. The van der Waals surface area contributed by atoms with Gasteiger partial charge in [0.25, 0.3) is 0 Å². The molecule has 0 saturated heterocycles. The first-order chi connectivity index (χ1) is 8.26. The van der Waals surface area contributed by atoms with Crippen LogP contribution in [0.25, 0.3) is 0 Å². The molecule has 0 spiro atoms. The molecule has 1 aromatic heterocycles. The molecule has 0 bridgehead atoms. The molecule has 1 heterocycles. The smallest absolute Gasteiger partial charge is 0.504 e. The molecular weight excluding hydrogens is 257 g/mol. The molecule has 0 aromatic carbocycles. The van der Waals surface area contributed by atoms with Crippen LogP contribution in [0, 0.1) is 0 Å². The number of nitrogens with one attached hydrogen (secondary N) is 1. The summed E-state index contributed by atoms with van der Waals surface area (Å²) in [6, 6.07) is 3.32. The van der Waals surface area contributed by atoms with E-state index in [1.54, 1.807) is 32.9 Å². The fourth-order valence-electron chi connectivity index (χ4n) is 1.09. The third kappa shape index (κ3) is 5.90. The number of thiophene rings is 1. The van der Waals surface area contributed by atoms with Crippen LogP contribution >= 0.6 is 11.3 Å². The minimum Gasteiger partial charge on any atom is -0.504 e. The molecule has 100 valence electrons. The molecule has 0 aliphatic rings. The maximum absolute atomic E-state index is 11.4. The van der Waals surface area contributed by atoms with Gasteiger partial charge in [-0.05, 0) is 32.9 Å². The Labute approximate surface area is 110 Å². The Morgan fingerprint density at radius 2 is 2.11 bits per heavy atom. The van der Waals surface area contributed by atoms with Crippen molar-refractivity contribution in [3.05, 3.63) is 17.0 Å². The Morgan fingerprint density at radius 1 is 1.44 bits per heavy atom. The Morgan fingerprint density at radius 3 is 2.67 bits per heavy atom. The fourth-order valence-corrected chi connectivity index (χ4v) is 1.90. The van der Waals surface area contributed by atoms with E-state index >= 15 is 0 Å². The Balaban J connectivity index is 2.39. The van der Waals surface area contributed by atoms with Gasteiger partial charge < -0.3 is 24.8 Å². The summed E-state index contributed by atoms with van der Waals surface area (Å²) < 4.78 is 9.74. The van der Waals surface area contributed by atoms with E-state index in [0.29, 0.717) is 11.6 Å². The van der Waals surface area contributed by atoms with E-state index in [1.165, 1.54) is 11.3 Å². The van der Waals surface area contributed by atoms with Crippen molar-refractivity contribution in [1.29, 1.82) is 0 Å². The third-order valence-corrected chi connectivity index (χ3v) is 2.64. The van der Waals surface area contributed by atoms with Crippen LogP contribution in [0.2, 0.25) is 0 Å². The van der Waals surface area contributed by atoms with Crippen LogP contribution in [-0.4, -0.2) is 29.1 Å². The summed E-state index contributed by atoms with van der Waals surface area (Å²) in [5.41, 5.74) is -0.533. The number of hydrogen-bond acceptors (Lipinski definition) is 6. The number of ether oxygens (including phenoxy) is 1. The summed E-state index contributed by atoms with van der Waals surface area (Å²) in [4.78, 5) is 12.2. The Kier molecular flexibility index (Phi) is 5.00. The lowest BCUT2D eigenvalue weighted by Gasteiger charge is -2.19. The number of alkyl carbamates (subject to hydrolysis) is 1. The van der Waals surface area contributed by atoms with Crippen molar-refractivity contribution >= 4 is 24.8 Å². The number of rotatable bonds is 4. The standard InChI is InChI=1S/C10H16BNO5S/c1-10(2,3)16-9(13)12-6-7-4-5-8(18-7)17-11(14)15/h4-5,14-15H,6H2,1-3H3,(H,12,13).